The summed E-state index contributed by atoms with van der Waals surface area (Å²) in [4.78, 5) is 3.49. The van der Waals surface area contributed by atoms with Crippen molar-refractivity contribution in [1.29, 1.82) is 0 Å². The Kier molecular flexibility index (Phi) is 8.28. The summed E-state index contributed by atoms with van der Waals surface area (Å²) in [5.74, 6) is 0. The van der Waals surface area contributed by atoms with E-state index in [1.807, 2.05) is 36.4 Å². The van der Waals surface area contributed by atoms with E-state index in [1.54, 1.807) is 18.4 Å². The maximum atomic E-state index is 10.2. The van der Waals surface area contributed by atoms with Crippen molar-refractivity contribution < 1.29 is 14.6 Å². The summed E-state index contributed by atoms with van der Waals surface area (Å²) in [7, 11) is 1.70. The van der Waals surface area contributed by atoms with Crippen molar-refractivity contribution in [2.45, 2.75) is 19.3 Å². The first-order chi connectivity index (χ1) is 11.3. The van der Waals surface area contributed by atoms with Gasteiger partial charge in [-0.05, 0) is 17.0 Å². The molecular formula is C18H25NO3S. The Balaban J connectivity index is 1.73. The minimum Gasteiger partial charge on any atom is -0.389 e. The van der Waals surface area contributed by atoms with Crippen LogP contribution >= 0.6 is 11.3 Å². The molecule has 0 aliphatic carbocycles. The highest BCUT2D eigenvalue weighted by molar-refractivity contribution is 7.09. The zero-order valence-electron chi connectivity index (χ0n) is 13.6. The van der Waals surface area contributed by atoms with E-state index >= 15 is 0 Å². The molecule has 4 nitrogen and oxygen atoms in total. The second-order valence-electron chi connectivity index (χ2n) is 5.46. The SMILES string of the molecule is COCCN(Cc1cccs1)CC(O)COCc1ccccc1. The molecule has 5 heteroatoms. The normalized spacial score (nSPS) is 12.7. The van der Waals surface area contributed by atoms with Crippen LogP contribution in [0.25, 0.3) is 0 Å². The van der Waals surface area contributed by atoms with Crippen LogP contribution in [0.4, 0.5) is 0 Å². The molecule has 0 aliphatic heterocycles. The number of nitrogens with zero attached hydrogens (tertiary/aromatic N) is 1. The van der Waals surface area contributed by atoms with Crippen LogP contribution in [0.15, 0.2) is 47.8 Å². The first kappa shape index (κ1) is 18.1. The van der Waals surface area contributed by atoms with Gasteiger partial charge in [-0.15, -0.1) is 11.3 Å². The van der Waals surface area contributed by atoms with Crippen LogP contribution in [-0.2, 0) is 22.6 Å². The molecule has 0 radical (unpaired) electrons. The lowest BCUT2D eigenvalue weighted by atomic mass is 10.2. The Labute approximate surface area is 142 Å². The fourth-order valence-electron chi connectivity index (χ4n) is 2.32. The molecule has 0 amide bonds. The van der Waals surface area contributed by atoms with Crippen molar-refractivity contribution in [3.8, 4) is 0 Å². The summed E-state index contributed by atoms with van der Waals surface area (Å²) >= 11 is 1.73. The number of ether oxygens (including phenoxy) is 2. The fourth-order valence-corrected chi connectivity index (χ4v) is 3.06. The standard InChI is InChI=1S/C18H25NO3S/c1-21-10-9-19(13-18-8-5-11-23-18)12-17(20)15-22-14-16-6-3-2-4-7-16/h2-8,11,17,20H,9-10,12-15H2,1H3. The van der Waals surface area contributed by atoms with Crippen LogP contribution in [-0.4, -0.2) is 49.5 Å². The van der Waals surface area contributed by atoms with Crippen LogP contribution in [0.3, 0.4) is 0 Å². The van der Waals surface area contributed by atoms with Gasteiger partial charge in [-0.25, -0.2) is 0 Å². The van der Waals surface area contributed by atoms with Crippen molar-refractivity contribution in [3.63, 3.8) is 0 Å². The second kappa shape index (κ2) is 10.5. The Morgan fingerprint density at radius 1 is 1.17 bits per heavy atom. The highest BCUT2D eigenvalue weighted by Gasteiger charge is 2.13. The van der Waals surface area contributed by atoms with Crippen molar-refractivity contribution in [2.24, 2.45) is 0 Å². The molecule has 23 heavy (non-hydrogen) atoms. The van der Waals surface area contributed by atoms with Gasteiger partial charge >= 0.3 is 0 Å². The van der Waals surface area contributed by atoms with Gasteiger partial charge in [0.2, 0.25) is 0 Å². The van der Waals surface area contributed by atoms with E-state index in [2.05, 4.69) is 16.3 Å². The van der Waals surface area contributed by atoms with Crippen molar-refractivity contribution >= 4 is 11.3 Å². The molecule has 1 N–H and O–H groups in total. The zero-order valence-corrected chi connectivity index (χ0v) is 14.4. The number of rotatable bonds is 11. The summed E-state index contributed by atoms with van der Waals surface area (Å²) in [6.45, 7) is 3.73. The van der Waals surface area contributed by atoms with Crippen LogP contribution in [0, 0.1) is 0 Å². The molecule has 1 aromatic carbocycles. The maximum Gasteiger partial charge on any atom is 0.0900 e. The van der Waals surface area contributed by atoms with Crippen LogP contribution in [0.2, 0.25) is 0 Å². The third-order valence-electron chi connectivity index (χ3n) is 3.46. The molecule has 0 fully saturated rings. The third kappa shape index (κ3) is 7.24. The molecular weight excluding hydrogens is 310 g/mol. The Morgan fingerprint density at radius 2 is 2.00 bits per heavy atom. The smallest absolute Gasteiger partial charge is 0.0900 e. The molecule has 1 heterocycles. The van der Waals surface area contributed by atoms with Gasteiger partial charge < -0.3 is 14.6 Å². The molecule has 0 saturated heterocycles. The molecule has 0 bridgehead atoms. The predicted octanol–water partition coefficient (Wildman–Crippen LogP) is 2.77. The second-order valence-corrected chi connectivity index (χ2v) is 6.49. The first-order valence-electron chi connectivity index (χ1n) is 7.81. The molecule has 2 rings (SSSR count). The average Bonchev–Trinajstić information content (AvgIpc) is 3.06. The third-order valence-corrected chi connectivity index (χ3v) is 4.32. The number of aliphatic hydroxyl groups excluding tert-OH is 1. The lowest BCUT2D eigenvalue weighted by Gasteiger charge is -2.24. The van der Waals surface area contributed by atoms with Crippen LogP contribution in [0.5, 0.6) is 0 Å². The Hall–Kier alpha value is -1.24. The monoisotopic (exact) mass is 335 g/mol. The number of hydrogen-bond acceptors (Lipinski definition) is 5. The van der Waals surface area contributed by atoms with E-state index in [4.69, 9.17) is 9.47 Å². The molecule has 0 saturated carbocycles. The zero-order chi connectivity index (χ0) is 16.3. The number of hydrogen-bond donors (Lipinski definition) is 1. The predicted molar refractivity (Wildman–Crippen MR) is 93.6 cm³/mol. The van der Waals surface area contributed by atoms with E-state index in [0.29, 0.717) is 26.4 Å². The number of benzene rings is 1. The van der Waals surface area contributed by atoms with Gasteiger partial charge in [-0.1, -0.05) is 36.4 Å². The van der Waals surface area contributed by atoms with Crippen LogP contribution in [0.1, 0.15) is 10.4 Å². The average molecular weight is 335 g/mol. The highest BCUT2D eigenvalue weighted by atomic mass is 32.1. The Morgan fingerprint density at radius 3 is 2.70 bits per heavy atom. The summed E-state index contributed by atoms with van der Waals surface area (Å²) < 4.78 is 10.8. The highest BCUT2D eigenvalue weighted by Crippen LogP contribution is 2.12. The van der Waals surface area contributed by atoms with Gasteiger partial charge in [0, 0.05) is 31.6 Å². The van der Waals surface area contributed by atoms with Crippen LogP contribution < -0.4 is 0 Å². The lowest BCUT2D eigenvalue weighted by Crippen LogP contribution is -2.36. The largest absolute Gasteiger partial charge is 0.389 e. The molecule has 126 valence electrons. The number of methoxy groups -OCH3 is 1. The van der Waals surface area contributed by atoms with E-state index < -0.39 is 6.10 Å². The van der Waals surface area contributed by atoms with E-state index in [1.165, 1.54) is 4.88 Å². The fraction of sp³-hybridized carbons (Fsp3) is 0.444. The molecule has 1 aromatic heterocycles. The summed E-state index contributed by atoms with van der Waals surface area (Å²) in [5.41, 5.74) is 1.12. The molecule has 0 aliphatic rings. The molecule has 1 unspecified atom stereocenters. The van der Waals surface area contributed by atoms with E-state index in [-0.39, 0.29) is 0 Å². The summed E-state index contributed by atoms with van der Waals surface area (Å²) in [6.07, 6.45) is -0.504. The minimum atomic E-state index is -0.504. The van der Waals surface area contributed by atoms with Gasteiger partial charge in [0.25, 0.3) is 0 Å². The van der Waals surface area contributed by atoms with Gasteiger partial charge in [0.05, 0.1) is 25.9 Å². The van der Waals surface area contributed by atoms with Crippen molar-refractivity contribution in [3.05, 3.63) is 58.3 Å². The first-order valence-corrected chi connectivity index (χ1v) is 8.69. The van der Waals surface area contributed by atoms with Gasteiger partial charge in [-0.2, -0.15) is 0 Å². The van der Waals surface area contributed by atoms with Gasteiger partial charge in [-0.3, -0.25) is 4.90 Å². The minimum absolute atomic E-state index is 0.336. The van der Waals surface area contributed by atoms with E-state index in [9.17, 15) is 5.11 Å². The number of aliphatic hydroxyl groups is 1. The summed E-state index contributed by atoms with van der Waals surface area (Å²) in [5, 5.41) is 12.3. The Bertz CT molecular complexity index is 518. The molecule has 2 aromatic rings. The quantitative estimate of drug-likeness (QED) is 0.686. The van der Waals surface area contributed by atoms with Crippen molar-refractivity contribution in [1.82, 2.24) is 4.90 Å². The van der Waals surface area contributed by atoms with Crippen molar-refractivity contribution in [2.75, 3.05) is 33.4 Å². The topological polar surface area (TPSA) is 41.9 Å². The summed E-state index contributed by atoms with van der Waals surface area (Å²) in [6, 6.07) is 14.2. The number of thiophene rings is 1. The molecule has 1 atom stereocenters. The lowest BCUT2D eigenvalue weighted by molar-refractivity contribution is 0.00497. The van der Waals surface area contributed by atoms with E-state index in [0.717, 1.165) is 18.7 Å². The molecule has 0 spiro atoms. The van der Waals surface area contributed by atoms with Gasteiger partial charge in [0.15, 0.2) is 0 Å². The maximum absolute atomic E-state index is 10.2. The van der Waals surface area contributed by atoms with Gasteiger partial charge in [0.1, 0.15) is 0 Å².